The van der Waals surface area contributed by atoms with Crippen LogP contribution in [0, 0.1) is 17.8 Å². The minimum Gasteiger partial charge on any atom is -0.456 e. The van der Waals surface area contributed by atoms with Crippen LogP contribution >= 0.6 is 0 Å². The molecule has 0 aromatic rings. The molecule has 1 saturated heterocycles. The minimum atomic E-state index is -1.01. The van der Waals surface area contributed by atoms with Gasteiger partial charge < -0.3 is 23.7 Å². The van der Waals surface area contributed by atoms with Crippen LogP contribution < -0.4 is 0 Å². The number of hydrogen-bond donors (Lipinski definition) is 0. The smallest absolute Gasteiger partial charge is 0.303 e. The molecule has 5 rings (SSSR count). The van der Waals surface area contributed by atoms with Crippen LogP contribution in [0.3, 0.4) is 0 Å². The maximum Gasteiger partial charge on any atom is 0.303 e. The standard InChI is InChI=1S/C22H32O8/c1-11-18(27-12(2)23)19(28-13(3)24)20(29-14(4)25)21(26-11)30-22-8-15-5-16(9-22)7-17(6-15)10-22/h11,15-21H,5-10H2,1-4H3/t11-,15?,16?,17?,18-,19+,20+,21-,22?/m0/s1. The van der Waals surface area contributed by atoms with E-state index < -0.39 is 48.6 Å². The fourth-order valence-electron chi connectivity index (χ4n) is 6.49. The molecule has 0 aromatic carbocycles. The topological polar surface area (TPSA) is 97.4 Å². The van der Waals surface area contributed by atoms with Crippen LogP contribution in [0.15, 0.2) is 0 Å². The van der Waals surface area contributed by atoms with Crippen LogP contribution in [0.1, 0.15) is 66.2 Å². The van der Waals surface area contributed by atoms with Gasteiger partial charge in [0.25, 0.3) is 0 Å². The Bertz CT molecular complexity index is 668. The molecular formula is C22H32O8. The van der Waals surface area contributed by atoms with Crippen LogP contribution in [0.2, 0.25) is 0 Å². The van der Waals surface area contributed by atoms with Crippen molar-refractivity contribution in [3.8, 4) is 0 Å². The summed E-state index contributed by atoms with van der Waals surface area (Å²) in [6.45, 7) is 5.57. The van der Waals surface area contributed by atoms with Crippen molar-refractivity contribution in [1.29, 1.82) is 0 Å². The molecule has 0 radical (unpaired) electrons. The zero-order chi connectivity index (χ0) is 21.6. The van der Waals surface area contributed by atoms with Gasteiger partial charge in [0.15, 0.2) is 24.6 Å². The number of ether oxygens (including phenoxy) is 5. The van der Waals surface area contributed by atoms with Gasteiger partial charge in [0.05, 0.1) is 11.7 Å². The van der Waals surface area contributed by atoms with Crippen molar-refractivity contribution in [2.45, 2.75) is 103 Å². The average Bonchev–Trinajstić information content (AvgIpc) is 2.59. The number of esters is 3. The third kappa shape index (κ3) is 4.35. The lowest BCUT2D eigenvalue weighted by Gasteiger charge is -2.57. The van der Waals surface area contributed by atoms with E-state index in [4.69, 9.17) is 23.7 Å². The maximum atomic E-state index is 11.9. The summed E-state index contributed by atoms with van der Waals surface area (Å²) in [7, 11) is 0. The summed E-state index contributed by atoms with van der Waals surface area (Å²) < 4.78 is 29.1. The van der Waals surface area contributed by atoms with E-state index in [-0.39, 0.29) is 5.60 Å². The van der Waals surface area contributed by atoms with Gasteiger partial charge in [-0.1, -0.05) is 0 Å². The molecule has 1 heterocycles. The van der Waals surface area contributed by atoms with Gasteiger partial charge >= 0.3 is 17.9 Å². The molecule has 5 fully saturated rings. The van der Waals surface area contributed by atoms with Crippen molar-refractivity contribution in [2.24, 2.45) is 17.8 Å². The molecule has 8 heteroatoms. The molecule has 1 aliphatic heterocycles. The predicted octanol–water partition coefficient (Wildman–Crippen LogP) is 2.51. The van der Waals surface area contributed by atoms with Gasteiger partial charge in [-0.3, -0.25) is 14.4 Å². The lowest BCUT2D eigenvalue weighted by Crippen LogP contribution is -2.64. The van der Waals surface area contributed by atoms with Crippen LogP contribution in [0.5, 0.6) is 0 Å². The van der Waals surface area contributed by atoms with Crippen molar-refractivity contribution >= 4 is 17.9 Å². The van der Waals surface area contributed by atoms with Crippen LogP contribution in [-0.4, -0.2) is 54.2 Å². The third-order valence-electron chi connectivity index (χ3n) is 6.98. The van der Waals surface area contributed by atoms with E-state index in [1.165, 1.54) is 40.0 Å². The predicted molar refractivity (Wildman–Crippen MR) is 103 cm³/mol. The summed E-state index contributed by atoms with van der Waals surface area (Å²) in [6, 6.07) is 0. The quantitative estimate of drug-likeness (QED) is 0.491. The summed E-state index contributed by atoms with van der Waals surface area (Å²) in [4.78, 5) is 35.3. The van der Waals surface area contributed by atoms with Crippen molar-refractivity contribution in [1.82, 2.24) is 0 Å². The molecule has 0 unspecified atom stereocenters. The Morgan fingerprint density at radius 2 is 1.17 bits per heavy atom. The van der Waals surface area contributed by atoms with Gasteiger partial charge in [0.1, 0.15) is 0 Å². The van der Waals surface area contributed by atoms with Crippen molar-refractivity contribution in [2.75, 3.05) is 0 Å². The number of rotatable bonds is 5. The normalized spacial score (nSPS) is 44.4. The Morgan fingerprint density at radius 1 is 0.733 bits per heavy atom. The van der Waals surface area contributed by atoms with Crippen molar-refractivity contribution in [3.05, 3.63) is 0 Å². The van der Waals surface area contributed by atoms with E-state index in [0.29, 0.717) is 17.8 Å². The van der Waals surface area contributed by atoms with E-state index in [2.05, 4.69) is 0 Å². The first-order chi connectivity index (χ1) is 14.1. The lowest BCUT2D eigenvalue weighted by molar-refractivity contribution is -0.339. The van der Waals surface area contributed by atoms with E-state index >= 15 is 0 Å². The molecular weight excluding hydrogens is 392 g/mol. The number of carbonyl (C=O) groups excluding carboxylic acids is 3. The largest absolute Gasteiger partial charge is 0.456 e. The molecule has 5 aliphatic rings. The first kappa shape index (κ1) is 21.6. The molecule has 8 nitrogen and oxygen atoms in total. The fraction of sp³-hybridized carbons (Fsp3) is 0.864. The fourth-order valence-corrected chi connectivity index (χ4v) is 6.49. The maximum absolute atomic E-state index is 11.9. The first-order valence-corrected chi connectivity index (χ1v) is 11.0. The molecule has 0 amide bonds. The highest BCUT2D eigenvalue weighted by atomic mass is 16.7. The molecule has 4 aliphatic carbocycles. The summed E-state index contributed by atoms with van der Waals surface area (Å²) in [5.74, 6) is 0.370. The molecule has 168 valence electrons. The van der Waals surface area contributed by atoms with Gasteiger partial charge in [-0.15, -0.1) is 0 Å². The Kier molecular flexibility index (Phi) is 5.83. The van der Waals surface area contributed by atoms with Crippen LogP contribution in [0.25, 0.3) is 0 Å². The first-order valence-electron chi connectivity index (χ1n) is 11.0. The molecule has 5 atom stereocenters. The SMILES string of the molecule is CC(=O)O[C@@H]1[C@@H](OC(C)=O)[C@H](C)O[C@@H](OC23CC4CC(CC(C4)C2)C3)[C@@H]1OC(C)=O. The number of hydrogen-bond acceptors (Lipinski definition) is 8. The van der Waals surface area contributed by atoms with E-state index in [0.717, 1.165) is 19.3 Å². The number of carbonyl (C=O) groups is 3. The average molecular weight is 424 g/mol. The summed E-state index contributed by atoms with van der Waals surface area (Å²) in [5, 5.41) is 0. The highest BCUT2D eigenvalue weighted by Gasteiger charge is 2.57. The molecule has 4 saturated carbocycles. The summed E-state index contributed by atoms with van der Waals surface area (Å²) in [6.07, 6.45) is 2.33. The van der Waals surface area contributed by atoms with Gasteiger partial charge in [0, 0.05) is 20.8 Å². The van der Waals surface area contributed by atoms with Gasteiger partial charge in [-0.2, -0.15) is 0 Å². The summed E-state index contributed by atoms with van der Waals surface area (Å²) in [5.41, 5.74) is -0.299. The second-order valence-corrected chi connectivity index (χ2v) is 9.65. The van der Waals surface area contributed by atoms with Gasteiger partial charge in [0.2, 0.25) is 0 Å². The molecule has 30 heavy (non-hydrogen) atoms. The third-order valence-corrected chi connectivity index (χ3v) is 6.98. The minimum absolute atomic E-state index is 0.299. The second kappa shape index (κ2) is 8.11. The zero-order valence-corrected chi connectivity index (χ0v) is 18.1. The Morgan fingerprint density at radius 3 is 1.63 bits per heavy atom. The zero-order valence-electron chi connectivity index (χ0n) is 18.1. The second-order valence-electron chi connectivity index (χ2n) is 9.65. The lowest BCUT2D eigenvalue weighted by atomic mass is 9.54. The highest BCUT2D eigenvalue weighted by Crippen LogP contribution is 2.57. The van der Waals surface area contributed by atoms with Crippen molar-refractivity contribution in [3.63, 3.8) is 0 Å². The monoisotopic (exact) mass is 424 g/mol. The highest BCUT2D eigenvalue weighted by molar-refractivity contribution is 5.68. The molecule has 0 aromatic heterocycles. The Hall–Kier alpha value is -1.67. The summed E-state index contributed by atoms with van der Waals surface area (Å²) >= 11 is 0. The van der Waals surface area contributed by atoms with E-state index in [9.17, 15) is 14.4 Å². The van der Waals surface area contributed by atoms with Crippen LogP contribution in [-0.2, 0) is 38.1 Å². The van der Waals surface area contributed by atoms with Gasteiger partial charge in [-0.25, -0.2) is 0 Å². The molecule has 0 spiro atoms. The Labute approximate surface area is 176 Å². The van der Waals surface area contributed by atoms with Crippen LogP contribution in [0.4, 0.5) is 0 Å². The Balaban J connectivity index is 1.60. The molecule has 4 bridgehead atoms. The van der Waals surface area contributed by atoms with E-state index in [1.54, 1.807) is 6.92 Å². The van der Waals surface area contributed by atoms with Gasteiger partial charge in [-0.05, 0) is 63.2 Å². The molecule has 0 N–H and O–H groups in total. The van der Waals surface area contributed by atoms with Crippen molar-refractivity contribution < 1.29 is 38.1 Å². The van der Waals surface area contributed by atoms with E-state index in [1.807, 2.05) is 0 Å².